The summed E-state index contributed by atoms with van der Waals surface area (Å²) in [5.41, 5.74) is 3.25. The molecule has 24 heavy (non-hydrogen) atoms. The van der Waals surface area contributed by atoms with Gasteiger partial charge in [0.25, 0.3) is 0 Å². The fraction of sp³-hybridized carbons (Fsp3) is 0.400. The summed E-state index contributed by atoms with van der Waals surface area (Å²) in [5.74, 6) is 0.0325. The van der Waals surface area contributed by atoms with Gasteiger partial charge in [-0.25, -0.2) is 0 Å². The first-order valence-corrected chi connectivity index (χ1v) is 8.48. The third-order valence-corrected chi connectivity index (χ3v) is 4.98. The predicted octanol–water partition coefficient (Wildman–Crippen LogP) is 2.30. The highest BCUT2D eigenvalue weighted by Crippen LogP contribution is 2.35. The van der Waals surface area contributed by atoms with Gasteiger partial charge in [-0.05, 0) is 54.5 Å². The van der Waals surface area contributed by atoms with E-state index in [4.69, 9.17) is 0 Å². The van der Waals surface area contributed by atoms with Crippen molar-refractivity contribution >= 4 is 5.91 Å². The van der Waals surface area contributed by atoms with Crippen LogP contribution in [0.1, 0.15) is 30.0 Å². The molecule has 126 valence electrons. The second-order valence-corrected chi connectivity index (χ2v) is 6.92. The molecule has 1 amide bonds. The number of aliphatic hydroxyl groups excluding tert-OH is 1. The molecule has 0 fully saturated rings. The Hall–Kier alpha value is -2.20. The number of nitrogens with one attached hydrogen (secondary N) is 1. The van der Waals surface area contributed by atoms with Gasteiger partial charge in [0.05, 0.1) is 18.1 Å². The summed E-state index contributed by atoms with van der Waals surface area (Å²) in [4.78, 5) is 16.9. The molecule has 1 aromatic heterocycles. The maximum atomic E-state index is 12.9. The second kappa shape index (κ2) is 7.14. The van der Waals surface area contributed by atoms with Crippen molar-refractivity contribution in [3.63, 3.8) is 0 Å². The Kier molecular flexibility index (Phi) is 4.95. The van der Waals surface area contributed by atoms with Crippen molar-refractivity contribution in [1.29, 1.82) is 0 Å². The zero-order valence-electron chi connectivity index (χ0n) is 14.0. The predicted molar refractivity (Wildman–Crippen MR) is 93.5 cm³/mol. The fourth-order valence-electron chi connectivity index (χ4n) is 3.41. The minimum atomic E-state index is -0.417. The van der Waals surface area contributed by atoms with Crippen LogP contribution in [0.3, 0.4) is 0 Å². The first kappa shape index (κ1) is 16.7. The molecule has 0 unspecified atom stereocenters. The average molecular weight is 324 g/mol. The van der Waals surface area contributed by atoms with Gasteiger partial charge in [-0.3, -0.25) is 9.78 Å². The first-order valence-electron chi connectivity index (χ1n) is 8.48. The molecule has 1 aliphatic carbocycles. The van der Waals surface area contributed by atoms with Crippen LogP contribution in [0.2, 0.25) is 0 Å². The zero-order valence-corrected chi connectivity index (χ0v) is 14.0. The van der Waals surface area contributed by atoms with Gasteiger partial charge in [-0.15, -0.1) is 0 Å². The van der Waals surface area contributed by atoms with E-state index < -0.39 is 5.41 Å². The second-order valence-electron chi connectivity index (χ2n) is 6.92. The minimum absolute atomic E-state index is 0.0325. The quantitative estimate of drug-likeness (QED) is 0.887. The van der Waals surface area contributed by atoms with Crippen LogP contribution in [0.15, 0.2) is 48.8 Å². The number of fused-ring (bicyclic) bond motifs is 1. The molecule has 1 aliphatic rings. The van der Waals surface area contributed by atoms with E-state index in [2.05, 4.69) is 28.5 Å². The number of pyridine rings is 1. The number of aryl methyl sites for hydroxylation is 1. The van der Waals surface area contributed by atoms with Crippen LogP contribution in [-0.4, -0.2) is 28.6 Å². The molecule has 0 spiro atoms. The van der Waals surface area contributed by atoms with Gasteiger partial charge < -0.3 is 10.4 Å². The lowest BCUT2D eigenvalue weighted by molar-refractivity contribution is -0.131. The van der Waals surface area contributed by atoms with Crippen LogP contribution in [0, 0.1) is 5.41 Å². The van der Waals surface area contributed by atoms with Crippen molar-refractivity contribution in [3.05, 3.63) is 65.5 Å². The van der Waals surface area contributed by atoms with Crippen LogP contribution >= 0.6 is 0 Å². The molecule has 0 saturated heterocycles. The van der Waals surface area contributed by atoms with Crippen molar-refractivity contribution in [1.82, 2.24) is 10.3 Å². The van der Waals surface area contributed by atoms with Gasteiger partial charge in [0.15, 0.2) is 0 Å². The molecule has 1 aromatic carbocycles. The number of benzene rings is 1. The Morgan fingerprint density at radius 3 is 2.67 bits per heavy atom. The van der Waals surface area contributed by atoms with Crippen LogP contribution in [-0.2, 0) is 24.1 Å². The van der Waals surface area contributed by atoms with Gasteiger partial charge in [-0.2, -0.15) is 0 Å². The lowest BCUT2D eigenvalue weighted by Crippen LogP contribution is -2.48. The Labute approximate surface area is 142 Å². The molecule has 4 heteroatoms. The number of aliphatic hydroxyl groups is 1. The van der Waals surface area contributed by atoms with Crippen LogP contribution < -0.4 is 5.32 Å². The Morgan fingerprint density at radius 2 is 1.96 bits per heavy atom. The Bertz CT molecular complexity index is 702. The number of amides is 1. The summed E-state index contributed by atoms with van der Waals surface area (Å²) in [6.07, 6.45) is 6.58. The number of hydrogen-bond acceptors (Lipinski definition) is 3. The highest BCUT2D eigenvalue weighted by Gasteiger charge is 2.37. The van der Waals surface area contributed by atoms with Gasteiger partial charge in [-0.1, -0.05) is 31.2 Å². The number of carbonyl (C=O) groups is 1. The monoisotopic (exact) mass is 324 g/mol. The van der Waals surface area contributed by atoms with E-state index in [-0.39, 0.29) is 18.6 Å². The normalized spacial score (nSPS) is 20.9. The van der Waals surface area contributed by atoms with Gasteiger partial charge in [0.1, 0.15) is 0 Å². The summed E-state index contributed by atoms with van der Waals surface area (Å²) in [5, 5.41) is 12.7. The molecule has 4 nitrogen and oxygen atoms in total. The van der Waals surface area contributed by atoms with Crippen molar-refractivity contribution in [2.24, 2.45) is 5.41 Å². The molecule has 2 atom stereocenters. The highest BCUT2D eigenvalue weighted by atomic mass is 16.3. The van der Waals surface area contributed by atoms with Crippen molar-refractivity contribution in [2.45, 2.75) is 38.6 Å². The topological polar surface area (TPSA) is 62.2 Å². The summed E-state index contributed by atoms with van der Waals surface area (Å²) in [6, 6.07) is 11.9. The van der Waals surface area contributed by atoms with E-state index in [1.165, 1.54) is 11.1 Å². The van der Waals surface area contributed by atoms with Gasteiger partial charge in [0.2, 0.25) is 5.91 Å². The van der Waals surface area contributed by atoms with E-state index in [0.29, 0.717) is 6.42 Å². The fourth-order valence-corrected chi connectivity index (χ4v) is 3.41. The molecule has 0 aliphatic heterocycles. The van der Waals surface area contributed by atoms with E-state index in [1.54, 1.807) is 12.4 Å². The summed E-state index contributed by atoms with van der Waals surface area (Å²) in [6.45, 7) is 1.96. The summed E-state index contributed by atoms with van der Waals surface area (Å²) < 4.78 is 0. The third kappa shape index (κ3) is 3.65. The largest absolute Gasteiger partial charge is 0.394 e. The molecular formula is C20H24N2O2. The zero-order chi connectivity index (χ0) is 17.0. The van der Waals surface area contributed by atoms with Crippen LogP contribution in [0.4, 0.5) is 0 Å². The number of carbonyl (C=O) groups excluding carboxylic acids is 1. The molecule has 2 N–H and O–H groups in total. The maximum Gasteiger partial charge on any atom is 0.226 e. The number of aromatic nitrogens is 1. The maximum absolute atomic E-state index is 12.9. The number of nitrogens with zero attached hydrogens (tertiary/aromatic N) is 1. The van der Waals surface area contributed by atoms with Gasteiger partial charge in [0, 0.05) is 12.4 Å². The van der Waals surface area contributed by atoms with E-state index in [9.17, 15) is 9.90 Å². The SMILES string of the molecule is C[C@@]1(C(=O)N[C@@H](CO)Cc2ccncc2)CCc2ccccc2C1. The summed E-state index contributed by atoms with van der Waals surface area (Å²) in [7, 11) is 0. The van der Waals surface area contributed by atoms with Crippen molar-refractivity contribution < 1.29 is 9.90 Å². The smallest absolute Gasteiger partial charge is 0.226 e. The van der Waals surface area contributed by atoms with E-state index in [0.717, 1.165) is 24.8 Å². The standard InChI is InChI=1S/C20H24N2O2/c1-20(9-6-16-4-2-3-5-17(16)13-20)19(24)22-18(14-23)12-15-7-10-21-11-8-15/h2-5,7-8,10-11,18,23H,6,9,12-14H2,1H3,(H,22,24)/t18-,20-/m1/s1. The Balaban J connectivity index is 1.67. The van der Waals surface area contributed by atoms with Crippen LogP contribution in [0.25, 0.3) is 0 Å². The summed E-state index contributed by atoms with van der Waals surface area (Å²) >= 11 is 0. The molecule has 2 aromatic rings. The van der Waals surface area contributed by atoms with Crippen molar-refractivity contribution in [3.8, 4) is 0 Å². The van der Waals surface area contributed by atoms with Crippen LogP contribution in [0.5, 0.6) is 0 Å². The number of rotatable bonds is 5. The lowest BCUT2D eigenvalue weighted by Gasteiger charge is -2.35. The molecule has 0 bridgehead atoms. The van der Waals surface area contributed by atoms with E-state index >= 15 is 0 Å². The lowest BCUT2D eigenvalue weighted by atomic mass is 9.72. The Morgan fingerprint density at radius 1 is 1.25 bits per heavy atom. The molecule has 3 rings (SSSR count). The van der Waals surface area contributed by atoms with E-state index in [1.807, 2.05) is 25.1 Å². The molecule has 0 radical (unpaired) electrons. The molecule has 1 heterocycles. The molecular weight excluding hydrogens is 300 g/mol. The number of hydrogen-bond donors (Lipinski definition) is 2. The average Bonchev–Trinajstić information content (AvgIpc) is 2.61. The minimum Gasteiger partial charge on any atom is -0.394 e. The van der Waals surface area contributed by atoms with Gasteiger partial charge >= 0.3 is 0 Å². The molecule has 0 saturated carbocycles. The highest BCUT2D eigenvalue weighted by molar-refractivity contribution is 5.83. The van der Waals surface area contributed by atoms with Crippen molar-refractivity contribution in [2.75, 3.05) is 6.61 Å². The third-order valence-electron chi connectivity index (χ3n) is 4.98. The first-order chi connectivity index (χ1) is 11.6.